The number of hydrogen-bond donors (Lipinski definition) is 2. The molecule has 0 fully saturated rings. The number of halogens is 1. The summed E-state index contributed by atoms with van der Waals surface area (Å²) in [5.41, 5.74) is 6.79. The molecular formula is C10H10FN3O3. The molecule has 0 saturated heterocycles. The summed E-state index contributed by atoms with van der Waals surface area (Å²) < 4.78 is 22.4. The monoisotopic (exact) mass is 239 g/mol. The smallest absolute Gasteiger partial charge is 0.279 e. The minimum absolute atomic E-state index is 0.0956. The Morgan fingerprint density at radius 3 is 3.12 bits per heavy atom. The van der Waals surface area contributed by atoms with Gasteiger partial charge in [-0.25, -0.2) is 0 Å². The highest BCUT2D eigenvalue weighted by Crippen LogP contribution is 2.28. The molecule has 0 aliphatic carbocycles. The Kier molecular flexibility index (Phi) is 3.20. The van der Waals surface area contributed by atoms with Gasteiger partial charge in [-0.3, -0.25) is 4.79 Å². The summed E-state index contributed by atoms with van der Waals surface area (Å²) in [6.07, 6.45) is 0. The lowest BCUT2D eigenvalue weighted by Gasteiger charge is -2.02. The number of rotatable bonds is 4. The summed E-state index contributed by atoms with van der Waals surface area (Å²) in [5.74, 6) is -0.749. The summed E-state index contributed by atoms with van der Waals surface area (Å²) in [6.45, 7) is 0.527. The van der Waals surface area contributed by atoms with Crippen LogP contribution < -0.4 is 16.0 Å². The minimum Gasteiger partial charge on any atom is -0.474 e. The number of nitrogens with one attached hydrogen (secondary N) is 1. The lowest BCUT2D eigenvalue weighted by Crippen LogP contribution is -2.14. The van der Waals surface area contributed by atoms with Gasteiger partial charge in [-0.05, 0) is 17.3 Å². The normalized spacial score (nSPS) is 10.5. The molecule has 90 valence electrons. The number of nitrogens with zero attached hydrogens (tertiary/aromatic N) is 1. The third-order valence-corrected chi connectivity index (χ3v) is 2.15. The maximum Gasteiger partial charge on any atom is 0.279 e. The molecule has 1 aromatic carbocycles. The van der Waals surface area contributed by atoms with Crippen molar-refractivity contribution in [2.75, 3.05) is 13.2 Å². The third-order valence-electron chi connectivity index (χ3n) is 2.15. The van der Waals surface area contributed by atoms with Crippen molar-refractivity contribution >= 4 is 16.9 Å². The van der Waals surface area contributed by atoms with E-state index < -0.39 is 5.91 Å². The molecule has 0 saturated carbocycles. The van der Waals surface area contributed by atoms with E-state index in [1.807, 2.05) is 0 Å². The van der Waals surface area contributed by atoms with Crippen molar-refractivity contribution in [3.63, 3.8) is 0 Å². The van der Waals surface area contributed by atoms with E-state index in [1.54, 1.807) is 12.1 Å². The van der Waals surface area contributed by atoms with Gasteiger partial charge in [0.15, 0.2) is 5.58 Å². The Hall–Kier alpha value is -2.15. The molecule has 1 amide bonds. The maximum atomic E-state index is 12.2. The molecule has 17 heavy (non-hydrogen) atoms. The first-order chi connectivity index (χ1) is 8.27. The lowest BCUT2D eigenvalue weighted by atomic mass is 10.1. The number of ether oxygens (including phenoxy) is 1. The van der Waals surface area contributed by atoms with Crippen LogP contribution >= 0.6 is 0 Å². The van der Waals surface area contributed by atoms with Crippen molar-refractivity contribution in [2.45, 2.75) is 0 Å². The molecule has 0 spiro atoms. The van der Waals surface area contributed by atoms with Gasteiger partial charge in [-0.15, -0.1) is 0 Å². The number of amides is 1. The van der Waals surface area contributed by atoms with Crippen LogP contribution in [0.25, 0.3) is 11.0 Å². The second-order valence-corrected chi connectivity index (χ2v) is 3.23. The Labute approximate surface area is 95.4 Å². The van der Waals surface area contributed by atoms with Crippen molar-refractivity contribution in [3.8, 4) is 5.88 Å². The van der Waals surface area contributed by atoms with Crippen LogP contribution in [0.2, 0.25) is 0 Å². The molecule has 1 heterocycles. The fourth-order valence-corrected chi connectivity index (χ4v) is 1.46. The van der Waals surface area contributed by atoms with E-state index in [0.717, 1.165) is 5.54 Å². The van der Waals surface area contributed by atoms with Crippen LogP contribution in [0.1, 0.15) is 10.4 Å². The third kappa shape index (κ3) is 2.04. The predicted octanol–water partition coefficient (Wildman–Crippen LogP) is 0.780. The zero-order valence-corrected chi connectivity index (χ0v) is 8.77. The van der Waals surface area contributed by atoms with E-state index >= 15 is 0 Å². The summed E-state index contributed by atoms with van der Waals surface area (Å²) >= 11 is 0. The maximum absolute atomic E-state index is 12.2. The first-order valence-electron chi connectivity index (χ1n) is 4.90. The Morgan fingerprint density at radius 1 is 1.59 bits per heavy atom. The van der Waals surface area contributed by atoms with Crippen LogP contribution in [0.5, 0.6) is 5.88 Å². The second-order valence-electron chi connectivity index (χ2n) is 3.23. The van der Waals surface area contributed by atoms with Crippen LogP contribution in [-0.2, 0) is 0 Å². The fraction of sp³-hybridized carbons (Fsp3) is 0.200. The predicted molar refractivity (Wildman–Crippen MR) is 57.1 cm³/mol. The molecule has 2 aromatic rings. The molecule has 0 aliphatic rings. The second kappa shape index (κ2) is 4.79. The molecule has 0 atom stereocenters. The average molecular weight is 239 g/mol. The standard InChI is InChI=1S/C10H10FN3O3/c11-13-9(15)6-2-1-3-7-8(6)10(14-17-7)16-5-4-12/h1-3H,4-5,12H2,(H,13,15). The first-order valence-corrected chi connectivity index (χ1v) is 4.90. The average Bonchev–Trinajstić information content (AvgIpc) is 2.78. The zero-order chi connectivity index (χ0) is 12.3. The summed E-state index contributed by atoms with van der Waals surface area (Å²) in [7, 11) is 0. The number of aromatic nitrogens is 1. The molecule has 7 heteroatoms. The van der Waals surface area contributed by atoms with E-state index in [2.05, 4.69) is 5.16 Å². The van der Waals surface area contributed by atoms with Gasteiger partial charge in [0.05, 0.1) is 10.9 Å². The number of hydrogen-bond acceptors (Lipinski definition) is 5. The molecule has 3 N–H and O–H groups in total. The van der Waals surface area contributed by atoms with E-state index in [4.69, 9.17) is 15.0 Å². The van der Waals surface area contributed by atoms with Gasteiger partial charge in [-0.1, -0.05) is 10.5 Å². The number of fused-ring (bicyclic) bond motifs is 1. The van der Waals surface area contributed by atoms with E-state index in [1.165, 1.54) is 6.07 Å². The van der Waals surface area contributed by atoms with Crippen molar-refractivity contribution in [3.05, 3.63) is 23.8 Å². The van der Waals surface area contributed by atoms with Gasteiger partial charge in [0.1, 0.15) is 6.61 Å². The minimum atomic E-state index is -0.878. The van der Waals surface area contributed by atoms with E-state index in [-0.39, 0.29) is 18.1 Å². The van der Waals surface area contributed by atoms with Crippen molar-refractivity contribution in [1.29, 1.82) is 0 Å². The largest absolute Gasteiger partial charge is 0.474 e. The number of benzene rings is 1. The van der Waals surface area contributed by atoms with Crippen molar-refractivity contribution in [1.82, 2.24) is 10.7 Å². The van der Waals surface area contributed by atoms with Crippen LogP contribution in [0, 0.1) is 0 Å². The highest BCUT2D eigenvalue weighted by Gasteiger charge is 2.18. The van der Waals surface area contributed by atoms with Gasteiger partial charge in [0.2, 0.25) is 0 Å². The highest BCUT2D eigenvalue weighted by molar-refractivity contribution is 6.07. The quantitative estimate of drug-likeness (QED) is 0.769. The molecule has 6 nitrogen and oxygen atoms in total. The van der Waals surface area contributed by atoms with Crippen LogP contribution in [0.3, 0.4) is 0 Å². The molecular weight excluding hydrogens is 229 g/mol. The fourth-order valence-electron chi connectivity index (χ4n) is 1.46. The van der Waals surface area contributed by atoms with Gasteiger partial charge >= 0.3 is 0 Å². The van der Waals surface area contributed by atoms with Gasteiger partial charge in [-0.2, -0.15) is 5.54 Å². The SMILES string of the molecule is NCCOc1noc2cccc(C(=O)NF)c12. The lowest BCUT2D eigenvalue weighted by molar-refractivity contribution is 0.0861. The van der Waals surface area contributed by atoms with Gasteiger partial charge in [0, 0.05) is 6.54 Å². The first kappa shape index (κ1) is 11.3. The van der Waals surface area contributed by atoms with Crippen molar-refractivity contribution in [2.24, 2.45) is 5.73 Å². The van der Waals surface area contributed by atoms with Crippen molar-refractivity contribution < 1.29 is 18.5 Å². The Bertz CT molecular complexity index is 541. The molecule has 0 unspecified atom stereocenters. The summed E-state index contributed by atoms with van der Waals surface area (Å²) in [6, 6.07) is 4.61. The van der Waals surface area contributed by atoms with Crippen LogP contribution in [0.15, 0.2) is 22.7 Å². The van der Waals surface area contributed by atoms with Gasteiger partial charge in [0.25, 0.3) is 11.8 Å². The van der Waals surface area contributed by atoms with Crippen LogP contribution in [-0.4, -0.2) is 24.2 Å². The number of carbonyl (C=O) groups excluding carboxylic acids is 1. The number of nitrogens with two attached hydrogens (primary N) is 1. The molecule has 0 radical (unpaired) electrons. The highest BCUT2D eigenvalue weighted by atomic mass is 19.2. The molecule has 0 aliphatic heterocycles. The summed E-state index contributed by atoms with van der Waals surface area (Å²) in [5, 5.41) is 3.98. The van der Waals surface area contributed by atoms with Crippen LogP contribution in [0.4, 0.5) is 4.48 Å². The molecule has 1 aromatic heterocycles. The topological polar surface area (TPSA) is 90.4 Å². The van der Waals surface area contributed by atoms with E-state index in [9.17, 15) is 9.28 Å². The Balaban J connectivity index is 2.51. The zero-order valence-electron chi connectivity index (χ0n) is 8.77. The molecule has 0 bridgehead atoms. The van der Waals surface area contributed by atoms with Gasteiger partial charge < -0.3 is 15.0 Å². The molecule has 2 rings (SSSR count). The summed E-state index contributed by atoms with van der Waals surface area (Å²) in [4.78, 5) is 11.3. The Morgan fingerprint density at radius 2 is 2.41 bits per heavy atom. The van der Waals surface area contributed by atoms with E-state index in [0.29, 0.717) is 17.5 Å². The number of carbonyl (C=O) groups is 1.